The summed E-state index contributed by atoms with van der Waals surface area (Å²) in [5.74, 6) is 0.952. The molecular formula is C26H32N4O3S. The Labute approximate surface area is 201 Å². The van der Waals surface area contributed by atoms with Gasteiger partial charge in [-0.1, -0.05) is 56.5 Å². The first-order valence-electron chi connectivity index (χ1n) is 11.9. The van der Waals surface area contributed by atoms with Crippen molar-refractivity contribution in [1.82, 2.24) is 9.88 Å². The second kappa shape index (κ2) is 10.9. The molecule has 1 amide bonds. The van der Waals surface area contributed by atoms with Crippen molar-refractivity contribution in [3.63, 3.8) is 0 Å². The maximum Gasteiger partial charge on any atom is 0.253 e. The molecule has 1 fully saturated rings. The number of sulfonamides is 1. The Bertz CT molecular complexity index is 1220. The number of nitrogens with one attached hydrogen (secondary N) is 1. The Balaban J connectivity index is 1.31. The molecular weight excluding hydrogens is 448 g/mol. The van der Waals surface area contributed by atoms with Gasteiger partial charge in [-0.15, -0.1) is 0 Å². The minimum Gasteiger partial charge on any atom is -0.353 e. The third-order valence-electron chi connectivity index (χ3n) is 6.18. The fraction of sp³-hybridized carbons (Fsp3) is 0.385. The molecule has 180 valence electrons. The summed E-state index contributed by atoms with van der Waals surface area (Å²) in [6.07, 6.45) is 5.27. The van der Waals surface area contributed by atoms with Crippen molar-refractivity contribution in [2.75, 3.05) is 41.6 Å². The van der Waals surface area contributed by atoms with Crippen LogP contribution in [-0.4, -0.2) is 56.1 Å². The lowest BCUT2D eigenvalue weighted by Crippen LogP contribution is -2.49. The van der Waals surface area contributed by atoms with E-state index in [-0.39, 0.29) is 11.7 Å². The van der Waals surface area contributed by atoms with Crippen molar-refractivity contribution >= 4 is 38.2 Å². The lowest BCUT2D eigenvalue weighted by molar-refractivity contribution is 0.0746. The highest BCUT2D eigenvalue weighted by atomic mass is 32.2. The number of anilines is 2. The van der Waals surface area contributed by atoms with Crippen LogP contribution in [0.1, 0.15) is 43.0 Å². The zero-order valence-electron chi connectivity index (χ0n) is 19.6. The Morgan fingerprint density at radius 2 is 1.71 bits per heavy atom. The average Bonchev–Trinajstić information content (AvgIpc) is 2.86. The van der Waals surface area contributed by atoms with Gasteiger partial charge in [0.25, 0.3) is 5.91 Å². The van der Waals surface area contributed by atoms with E-state index in [0.717, 1.165) is 35.9 Å². The van der Waals surface area contributed by atoms with Crippen LogP contribution in [-0.2, 0) is 10.0 Å². The molecule has 34 heavy (non-hydrogen) atoms. The molecule has 2 aromatic carbocycles. The van der Waals surface area contributed by atoms with E-state index >= 15 is 0 Å². The van der Waals surface area contributed by atoms with E-state index in [2.05, 4.69) is 21.5 Å². The first kappa shape index (κ1) is 24.0. The number of nitrogens with zero attached hydrogens (tertiary/aromatic N) is 3. The molecule has 1 aliphatic rings. The van der Waals surface area contributed by atoms with Gasteiger partial charge in [-0.2, -0.15) is 0 Å². The predicted octanol–water partition coefficient (Wildman–Crippen LogP) is 4.52. The molecule has 0 aliphatic carbocycles. The monoisotopic (exact) mass is 480 g/mol. The fourth-order valence-electron chi connectivity index (χ4n) is 4.23. The lowest BCUT2D eigenvalue weighted by atomic mass is 10.1. The summed E-state index contributed by atoms with van der Waals surface area (Å²) in [7, 11) is -3.36. The van der Waals surface area contributed by atoms with Crippen molar-refractivity contribution in [2.45, 2.75) is 32.6 Å². The van der Waals surface area contributed by atoms with E-state index in [1.807, 2.05) is 53.4 Å². The van der Waals surface area contributed by atoms with E-state index < -0.39 is 10.0 Å². The van der Waals surface area contributed by atoms with Crippen molar-refractivity contribution in [3.05, 3.63) is 66.4 Å². The maximum absolute atomic E-state index is 13.0. The zero-order valence-corrected chi connectivity index (χ0v) is 20.4. The van der Waals surface area contributed by atoms with Crippen molar-refractivity contribution in [2.24, 2.45) is 0 Å². The van der Waals surface area contributed by atoms with Crippen LogP contribution in [0.15, 0.2) is 60.8 Å². The highest BCUT2D eigenvalue weighted by Crippen LogP contribution is 2.20. The van der Waals surface area contributed by atoms with Crippen LogP contribution < -0.4 is 9.62 Å². The summed E-state index contributed by atoms with van der Waals surface area (Å²) in [5, 5.41) is 2.19. The number of carbonyl (C=O) groups excluding carboxylic acids is 1. The Hall–Kier alpha value is -3.13. The van der Waals surface area contributed by atoms with Gasteiger partial charge in [0, 0.05) is 31.7 Å². The molecule has 1 saturated heterocycles. The predicted molar refractivity (Wildman–Crippen MR) is 138 cm³/mol. The van der Waals surface area contributed by atoms with Gasteiger partial charge >= 0.3 is 0 Å². The number of aromatic nitrogens is 1. The number of pyridine rings is 1. The first-order chi connectivity index (χ1) is 16.4. The lowest BCUT2D eigenvalue weighted by Gasteiger charge is -2.35. The number of hydrogen-bond donors (Lipinski definition) is 1. The van der Waals surface area contributed by atoms with Crippen LogP contribution in [0.3, 0.4) is 0 Å². The molecule has 3 aromatic rings. The Morgan fingerprint density at radius 3 is 2.41 bits per heavy atom. The number of rotatable bonds is 9. The summed E-state index contributed by atoms with van der Waals surface area (Å²) in [6, 6.07) is 17.4. The van der Waals surface area contributed by atoms with E-state index in [4.69, 9.17) is 0 Å². The van der Waals surface area contributed by atoms with Gasteiger partial charge in [0.05, 0.1) is 17.6 Å². The molecule has 0 atom stereocenters. The average molecular weight is 481 g/mol. The standard InChI is InChI=1S/C26H32N4O3S/c1-2-3-4-7-18-34(32,33)28-24-12-13-25(27-20-24)29-14-16-30(17-15-29)26(31)23-11-10-21-8-5-6-9-22(21)19-23/h5-6,8-13,19-20,28H,2-4,7,14-18H2,1H3. The van der Waals surface area contributed by atoms with Gasteiger partial charge in [-0.05, 0) is 41.5 Å². The molecule has 7 nitrogen and oxygen atoms in total. The zero-order chi connectivity index (χ0) is 24.0. The highest BCUT2D eigenvalue weighted by molar-refractivity contribution is 7.92. The molecule has 0 bridgehead atoms. The number of amides is 1. The molecule has 0 unspecified atom stereocenters. The van der Waals surface area contributed by atoms with Gasteiger partial charge < -0.3 is 9.80 Å². The van der Waals surface area contributed by atoms with Crippen molar-refractivity contribution < 1.29 is 13.2 Å². The SMILES string of the molecule is CCCCCCS(=O)(=O)Nc1ccc(N2CCN(C(=O)c3ccc4ccccc4c3)CC2)nc1. The van der Waals surface area contributed by atoms with Crippen LogP contribution in [0.25, 0.3) is 10.8 Å². The molecule has 2 heterocycles. The maximum atomic E-state index is 13.0. The second-order valence-corrected chi connectivity index (χ2v) is 10.6. The quantitative estimate of drug-likeness (QED) is 0.456. The molecule has 1 N–H and O–H groups in total. The third-order valence-corrected chi connectivity index (χ3v) is 7.55. The Kier molecular flexibility index (Phi) is 7.67. The normalized spacial score (nSPS) is 14.4. The largest absolute Gasteiger partial charge is 0.353 e. The number of hydrogen-bond acceptors (Lipinski definition) is 5. The van der Waals surface area contributed by atoms with Crippen molar-refractivity contribution in [3.8, 4) is 0 Å². The summed E-state index contributed by atoms with van der Waals surface area (Å²) in [5.41, 5.74) is 1.18. The van der Waals surface area contributed by atoms with Crippen molar-refractivity contribution in [1.29, 1.82) is 0 Å². The Morgan fingerprint density at radius 1 is 0.941 bits per heavy atom. The van der Waals surface area contributed by atoms with Gasteiger partial charge in [0.2, 0.25) is 10.0 Å². The van der Waals surface area contributed by atoms with Crippen LogP contribution in [0, 0.1) is 0 Å². The van der Waals surface area contributed by atoms with E-state index in [9.17, 15) is 13.2 Å². The minimum absolute atomic E-state index is 0.0436. The smallest absolute Gasteiger partial charge is 0.253 e. The summed E-state index contributed by atoms with van der Waals surface area (Å²) in [6.45, 7) is 4.67. The van der Waals surface area contributed by atoms with E-state index in [1.165, 1.54) is 0 Å². The molecule has 0 radical (unpaired) electrons. The number of fused-ring (bicyclic) bond motifs is 1. The molecule has 0 spiro atoms. The molecule has 1 aromatic heterocycles. The van der Waals surface area contributed by atoms with E-state index in [1.54, 1.807) is 12.3 Å². The second-order valence-electron chi connectivity index (χ2n) is 8.73. The molecule has 4 rings (SSSR count). The topological polar surface area (TPSA) is 82.6 Å². The molecule has 0 saturated carbocycles. The fourth-order valence-corrected chi connectivity index (χ4v) is 5.39. The molecule has 8 heteroatoms. The highest BCUT2D eigenvalue weighted by Gasteiger charge is 2.23. The van der Waals surface area contributed by atoms with Crippen LogP contribution in [0.2, 0.25) is 0 Å². The van der Waals surface area contributed by atoms with Crippen LogP contribution in [0.4, 0.5) is 11.5 Å². The summed E-state index contributed by atoms with van der Waals surface area (Å²) >= 11 is 0. The van der Waals surface area contributed by atoms with Gasteiger partial charge in [0.15, 0.2) is 0 Å². The molecule has 1 aliphatic heterocycles. The number of carbonyl (C=O) groups is 1. The summed E-state index contributed by atoms with van der Waals surface area (Å²) in [4.78, 5) is 21.5. The van der Waals surface area contributed by atoms with Gasteiger partial charge in [-0.3, -0.25) is 9.52 Å². The third kappa shape index (κ3) is 6.05. The number of benzene rings is 2. The minimum atomic E-state index is -3.36. The van der Waals surface area contributed by atoms with Crippen LogP contribution >= 0.6 is 0 Å². The van der Waals surface area contributed by atoms with Gasteiger partial charge in [0.1, 0.15) is 5.82 Å². The van der Waals surface area contributed by atoms with Crippen LogP contribution in [0.5, 0.6) is 0 Å². The van der Waals surface area contributed by atoms with E-state index in [0.29, 0.717) is 43.9 Å². The summed E-state index contributed by atoms with van der Waals surface area (Å²) < 4.78 is 27.1. The first-order valence-corrected chi connectivity index (χ1v) is 13.6. The number of piperazine rings is 1. The van der Waals surface area contributed by atoms with Gasteiger partial charge in [-0.25, -0.2) is 13.4 Å². The number of unbranched alkanes of at least 4 members (excludes halogenated alkanes) is 3.